The molecule has 5 rings (SSSR count). The minimum atomic E-state index is -0.328. The number of halogens is 2. The van der Waals surface area contributed by atoms with E-state index in [1.54, 1.807) is 12.1 Å². The summed E-state index contributed by atoms with van der Waals surface area (Å²) in [5.41, 5.74) is 4.32. The SMILES string of the molecule is CN1CCc2c(c(-c3c(F)cccc3Cl)nc3ccc4ccccc4c23)C1. The summed E-state index contributed by atoms with van der Waals surface area (Å²) >= 11 is 6.40. The number of hydrogen-bond donors (Lipinski definition) is 0. The summed E-state index contributed by atoms with van der Waals surface area (Å²) in [5.74, 6) is -0.328. The molecule has 0 atom stereocenters. The Morgan fingerprint density at radius 2 is 1.85 bits per heavy atom. The molecule has 0 saturated carbocycles. The van der Waals surface area contributed by atoms with Gasteiger partial charge in [0.1, 0.15) is 5.82 Å². The van der Waals surface area contributed by atoms with E-state index in [1.807, 2.05) is 6.07 Å². The molecule has 0 amide bonds. The fourth-order valence-corrected chi connectivity index (χ4v) is 4.43. The lowest BCUT2D eigenvalue weighted by atomic mass is 9.89. The van der Waals surface area contributed by atoms with Gasteiger partial charge in [-0.1, -0.05) is 48.0 Å². The van der Waals surface area contributed by atoms with Gasteiger partial charge in [0, 0.05) is 18.5 Å². The highest BCUT2D eigenvalue weighted by Crippen LogP contribution is 2.39. The molecule has 0 unspecified atom stereocenters. The van der Waals surface area contributed by atoms with Crippen molar-refractivity contribution >= 4 is 33.3 Å². The van der Waals surface area contributed by atoms with Crippen LogP contribution in [0.2, 0.25) is 5.02 Å². The predicted molar refractivity (Wildman–Crippen MR) is 110 cm³/mol. The summed E-state index contributed by atoms with van der Waals surface area (Å²) in [6.45, 7) is 1.71. The number of nitrogens with zero attached hydrogens (tertiary/aromatic N) is 2. The van der Waals surface area contributed by atoms with E-state index in [2.05, 4.69) is 42.3 Å². The van der Waals surface area contributed by atoms with Gasteiger partial charge >= 0.3 is 0 Å². The Morgan fingerprint density at radius 1 is 1.00 bits per heavy atom. The molecule has 2 nitrogen and oxygen atoms in total. The summed E-state index contributed by atoms with van der Waals surface area (Å²) in [7, 11) is 2.09. The van der Waals surface area contributed by atoms with Crippen LogP contribution in [-0.2, 0) is 13.0 Å². The van der Waals surface area contributed by atoms with Crippen LogP contribution >= 0.6 is 11.6 Å². The van der Waals surface area contributed by atoms with Crippen molar-refractivity contribution in [3.05, 3.63) is 76.6 Å². The Morgan fingerprint density at radius 3 is 2.70 bits per heavy atom. The minimum Gasteiger partial charge on any atom is -0.302 e. The van der Waals surface area contributed by atoms with E-state index >= 15 is 0 Å². The van der Waals surface area contributed by atoms with Crippen LogP contribution in [0.5, 0.6) is 0 Å². The van der Waals surface area contributed by atoms with Crippen molar-refractivity contribution < 1.29 is 4.39 Å². The molecule has 0 spiro atoms. The molecule has 0 aliphatic carbocycles. The third-order valence-electron chi connectivity index (χ3n) is 5.46. The molecular weight excluding hydrogens is 359 g/mol. The van der Waals surface area contributed by atoms with Crippen LogP contribution < -0.4 is 0 Å². The van der Waals surface area contributed by atoms with E-state index in [0.29, 0.717) is 16.3 Å². The molecule has 134 valence electrons. The summed E-state index contributed by atoms with van der Waals surface area (Å²) < 4.78 is 14.7. The van der Waals surface area contributed by atoms with Gasteiger partial charge in [0.25, 0.3) is 0 Å². The molecule has 0 saturated heterocycles. The minimum absolute atomic E-state index is 0.328. The molecule has 1 aromatic heterocycles. The third-order valence-corrected chi connectivity index (χ3v) is 5.78. The van der Waals surface area contributed by atoms with Gasteiger partial charge in [-0.25, -0.2) is 9.37 Å². The molecular formula is C23H18ClFN2. The van der Waals surface area contributed by atoms with Crippen molar-refractivity contribution in [1.29, 1.82) is 0 Å². The number of pyridine rings is 1. The zero-order chi connectivity index (χ0) is 18.5. The Kier molecular flexibility index (Phi) is 3.88. The molecule has 0 fully saturated rings. The summed E-state index contributed by atoms with van der Waals surface area (Å²) in [6, 6.07) is 17.3. The van der Waals surface area contributed by atoms with Crippen molar-refractivity contribution in [2.45, 2.75) is 13.0 Å². The lowest BCUT2D eigenvalue weighted by Crippen LogP contribution is -2.27. The maximum absolute atomic E-state index is 14.7. The Labute approximate surface area is 162 Å². The monoisotopic (exact) mass is 376 g/mol. The molecule has 0 radical (unpaired) electrons. The maximum Gasteiger partial charge on any atom is 0.134 e. The van der Waals surface area contributed by atoms with Crippen LogP contribution in [0.4, 0.5) is 4.39 Å². The van der Waals surface area contributed by atoms with Gasteiger partial charge in [-0.15, -0.1) is 0 Å². The molecule has 0 N–H and O–H groups in total. The number of hydrogen-bond acceptors (Lipinski definition) is 2. The molecule has 1 aliphatic rings. The fraction of sp³-hybridized carbons (Fsp3) is 0.174. The standard InChI is InChI=1S/C23H18ClFN2/c1-27-12-11-16-17(13-27)23(22-18(24)7-4-8-19(22)25)26-20-10-9-14-5-2-3-6-15(14)21(16)20/h2-10H,11-13H2,1H3. The van der Waals surface area contributed by atoms with Gasteiger partial charge in [-0.3, -0.25) is 0 Å². The molecule has 3 aromatic carbocycles. The highest BCUT2D eigenvalue weighted by atomic mass is 35.5. The Balaban J connectivity index is 1.93. The number of benzene rings is 3. The topological polar surface area (TPSA) is 16.1 Å². The van der Waals surface area contributed by atoms with E-state index in [0.717, 1.165) is 30.6 Å². The molecule has 1 aliphatic heterocycles. The second-order valence-corrected chi connectivity index (χ2v) is 7.59. The molecule has 4 heteroatoms. The van der Waals surface area contributed by atoms with Crippen LogP contribution in [0.25, 0.3) is 32.9 Å². The van der Waals surface area contributed by atoms with E-state index in [-0.39, 0.29) is 5.82 Å². The van der Waals surface area contributed by atoms with Crippen molar-refractivity contribution in [3.63, 3.8) is 0 Å². The fourth-order valence-electron chi connectivity index (χ4n) is 4.18. The van der Waals surface area contributed by atoms with Crippen LogP contribution in [0, 0.1) is 5.82 Å². The molecule has 2 heterocycles. The quantitative estimate of drug-likeness (QED) is 0.388. The third kappa shape index (κ3) is 2.61. The van der Waals surface area contributed by atoms with Gasteiger partial charge in [0.15, 0.2) is 0 Å². The summed E-state index contributed by atoms with van der Waals surface area (Å²) in [5, 5.41) is 3.99. The highest BCUT2D eigenvalue weighted by Gasteiger charge is 2.25. The number of rotatable bonds is 1. The summed E-state index contributed by atoms with van der Waals surface area (Å²) in [6.07, 6.45) is 0.915. The zero-order valence-electron chi connectivity index (χ0n) is 15.0. The first-order valence-electron chi connectivity index (χ1n) is 9.09. The van der Waals surface area contributed by atoms with E-state index in [1.165, 1.54) is 27.8 Å². The first kappa shape index (κ1) is 16.7. The second-order valence-electron chi connectivity index (χ2n) is 7.18. The van der Waals surface area contributed by atoms with Crippen molar-refractivity contribution in [2.75, 3.05) is 13.6 Å². The molecule has 27 heavy (non-hydrogen) atoms. The van der Waals surface area contributed by atoms with Crippen LogP contribution in [0.1, 0.15) is 11.1 Å². The van der Waals surface area contributed by atoms with E-state index in [4.69, 9.17) is 16.6 Å². The van der Waals surface area contributed by atoms with Crippen molar-refractivity contribution in [3.8, 4) is 11.3 Å². The lowest BCUT2D eigenvalue weighted by molar-refractivity contribution is 0.314. The molecule has 0 bridgehead atoms. The largest absolute Gasteiger partial charge is 0.302 e. The first-order chi connectivity index (χ1) is 13.1. The second kappa shape index (κ2) is 6.29. The Hall–Kier alpha value is -2.49. The van der Waals surface area contributed by atoms with Gasteiger partial charge in [0.05, 0.1) is 21.8 Å². The van der Waals surface area contributed by atoms with E-state index in [9.17, 15) is 4.39 Å². The normalized spacial score (nSPS) is 14.6. The van der Waals surface area contributed by atoms with E-state index < -0.39 is 0 Å². The maximum atomic E-state index is 14.7. The number of fused-ring (bicyclic) bond motifs is 5. The zero-order valence-corrected chi connectivity index (χ0v) is 15.7. The molecule has 4 aromatic rings. The lowest BCUT2D eigenvalue weighted by Gasteiger charge is -2.28. The van der Waals surface area contributed by atoms with Gasteiger partial charge in [-0.05, 0) is 53.6 Å². The van der Waals surface area contributed by atoms with Crippen molar-refractivity contribution in [2.24, 2.45) is 0 Å². The Bertz CT molecular complexity index is 1180. The highest BCUT2D eigenvalue weighted by molar-refractivity contribution is 6.33. The van der Waals surface area contributed by atoms with Gasteiger partial charge < -0.3 is 4.90 Å². The number of aromatic nitrogens is 1. The number of likely N-dealkylation sites (N-methyl/N-ethyl adjacent to an activating group) is 1. The van der Waals surface area contributed by atoms with Crippen LogP contribution in [-0.4, -0.2) is 23.5 Å². The smallest absolute Gasteiger partial charge is 0.134 e. The predicted octanol–water partition coefficient (Wildman–Crippen LogP) is 5.84. The van der Waals surface area contributed by atoms with Crippen molar-refractivity contribution in [1.82, 2.24) is 9.88 Å². The average molecular weight is 377 g/mol. The van der Waals surface area contributed by atoms with Gasteiger partial charge in [-0.2, -0.15) is 0 Å². The average Bonchev–Trinajstić information content (AvgIpc) is 2.67. The van der Waals surface area contributed by atoms with Crippen LogP contribution in [0.15, 0.2) is 54.6 Å². The van der Waals surface area contributed by atoms with Crippen LogP contribution in [0.3, 0.4) is 0 Å². The summed E-state index contributed by atoms with van der Waals surface area (Å²) in [4.78, 5) is 7.16. The van der Waals surface area contributed by atoms with Gasteiger partial charge in [0.2, 0.25) is 0 Å². The first-order valence-corrected chi connectivity index (χ1v) is 9.47.